The minimum Gasteiger partial charge on any atom is -0.444 e. The maximum absolute atomic E-state index is 11.8. The van der Waals surface area contributed by atoms with E-state index in [2.05, 4.69) is 0 Å². The zero-order valence-corrected chi connectivity index (χ0v) is 10.9. The van der Waals surface area contributed by atoms with Crippen LogP contribution in [0.5, 0.6) is 0 Å². The van der Waals surface area contributed by atoms with Crippen molar-refractivity contribution < 1.29 is 14.3 Å². The number of hydrogen-bond acceptors (Lipinski definition) is 3. The molecule has 0 aromatic heterocycles. The average Bonchev–Trinajstić information content (AvgIpc) is 2.26. The Bertz CT molecular complexity index is 299. The third-order valence-corrected chi connectivity index (χ3v) is 2.73. The highest BCUT2D eigenvalue weighted by Crippen LogP contribution is 2.20. The summed E-state index contributed by atoms with van der Waals surface area (Å²) in [5.41, 5.74) is -0.498. The lowest BCUT2D eigenvalue weighted by Crippen LogP contribution is -2.44. The molecule has 17 heavy (non-hydrogen) atoms. The van der Waals surface area contributed by atoms with Gasteiger partial charge in [-0.25, -0.2) is 4.79 Å². The Morgan fingerprint density at radius 2 is 2.06 bits per heavy atom. The van der Waals surface area contributed by atoms with E-state index in [1.807, 2.05) is 20.8 Å². The Morgan fingerprint density at radius 1 is 1.41 bits per heavy atom. The molecule has 0 spiro atoms. The lowest BCUT2D eigenvalue weighted by molar-refractivity contribution is -0.122. The smallest absolute Gasteiger partial charge is 0.410 e. The third-order valence-electron chi connectivity index (χ3n) is 2.73. The van der Waals surface area contributed by atoms with Crippen molar-refractivity contribution in [2.75, 3.05) is 13.1 Å². The molecule has 1 unspecified atom stereocenters. The van der Waals surface area contributed by atoms with Gasteiger partial charge in [0.25, 0.3) is 0 Å². The molecule has 1 amide bonds. The second-order valence-electron chi connectivity index (χ2n) is 5.44. The first-order valence-corrected chi connectivity index (χ1v) is 6.04. The van der Waals surface area contributed by atoms with E-state index >= 15 is 0 Å². The van der Waals surface area contributed by atoms with E-state index in [-0.39, 0.29) is 24.1 Å². The first-order valence-electron chi connectivity index (χ1n) is 6.04. The predicted octanol–water partition coefficient (Wildman–Crippen LogP) is 1.79. The number of Topliss-reactive ketones (excluding diaryl/α,β-unsaturated/α-hetero) is 1. The van der Waals surface area contributed by atoms with Crippen molar-refractivity contribution in [1.29, 1.82) is 0 Å². The molecule has 5 heteroatoms. The average molecular weight is 237 g/mol. The van der Waals surface area contributed by atoms with E-state index < -0.39 is 5.60 Å². The zero-order valence-electron chi connectivity index (χ0n) is 10.9. The van der Waals surface area contributed by atoms with Gasteiger partial charge in [-0.3, -0.25) is 0 Å². The molecule has 1 saturated heterocycles. The summed E-state index contributed by atoms with van der Waals surface area (Å²) in [6, 6.07) is 0. The molecule has 0 N–H and O–H groups in total. The fraction of sp³-hybridized carbons (Fsp3) is 0.833. The minimum atomic E-state index is -0.498. The fourth-order valence-corrected chi connectivity index (χ4v) is 1.90. The van der Waals surface area contributed by atoms with Crippen LogP contribution in [0.25, 0.3) is 0 Å². The summed E-state index contributed by atoms with van der Waals surface area (Å²) in [6.45, 7) is 6.58. The van der Waals surface area contributed by atoms with Crippen LogP contribution in [0.15, 0.2) is 0 Å². The number of rotatable bonds is 2. The van der Waals surface area contributed by atoms with Crippen molar-refractivity contribution in [3.05, 3.63) is 0 Å². The highest BCUT2D eigenvalue weighted by molar-refractivity contribution is 6.20. The van der Waals surface area contributed by atoms with E-state index in [1.165, 1.54) is 0 Å². The van der Waals surface area contributed by atoms with E-state index in [1.54, 1.807) is 4.90 Å². The van der Waals surface area contributed by atoms with Crippen LogP contribution in [0.1, 0.15) is 33.6 Å². The van der Waals surface area contributed by atoms with Crippen LogP contribution in [0.2, 0.25) is 6.32 Å². The van der Waals surface area contributed by atoms with Gasteiger partial charge in [0, 0.05) is 19.0 Å². The molecular weight excluding hydrogens is 217 g/mol. The van der Waals surface area contributed by atoms with E-state index in [9.17, 15) is 9.59 Å². The van der Waals surface area contributed by atoms with Gasteiger partial charge in [0.1, 0.15) is 11.4 Å². The van der Waals surface area contributed by atoms with Gasteiger partial charge in [0.2, 0.25) is 0 Å². The molecule has 1 fully saturated rings. The van der Waals surface area contributed by atoms with Gasteiger partial charge in [-0.2, -0.15) is 0 Å². The summed E-state index contributed by atoms with van der Waals surface area (Å²) in [4.78, 5) is 25.0. The standard InChI is InChI=1S/C12H20BNO3/c1-12(2,3)17-11(16)14-6-4-5-9(8-14)10(15)7-13/h9H,4-8H2,1-3H3. The van der Waals surface area contributed by atoms with Crippen molar-refractivity contribution >= 4 is 19.7 Å². The largest absolute Gasteiger partial charge is 0.444 e. The Hall–Kier alpha value is -0.995. The van der Waals surface area contributed by atoms with Gasteiger partial charge in [-0.15, -0.1) is 0 Å². The van der Waals surface area contributed by atoms with Gasteiger partial charge < -0.3 is 14.4 Å². The number of carbonyl (C=O) groups excluding carboxylic acids is 2. The number of ether oxygens (including phenoxy) is 1. The Labute approximate surface area is 104 Å². The molecule has 1 rings (SSSR count). The van der Waals surface area contributed by atoms with Crippen molar-refractivity contribution in [3.8, 4) is 0 Å². The van der Waals surface area contributed by atoms with Crippen LogP contribution in [0.4, 0.5) is 4.79 Å². The lowest BCUT2D eigenvalue weighted by atomic mass is 9.87. The zero-order chi connectivity index (χ0) is 13.1. The summed E-state index contributed by atoms with van der Waals surface area (Å²) in [7, 11) is 5.34. The van der Waals surface area contributed by atoms with E-state index in [4.69, 9.17) is 12.6 Å². The Morgan fingerprint density at radius 3 is 2.59 bits per heavy atom. The van der Waals surface area contributed by atoms with Crippen LogP contribution in [0, 0.1) is 5.92 Å². The predicted molar refractivity (Wildman–Crippen MR) is 66.1 cm³/mol. The molecule has 4 nitrogen and oxygen atoms in total. The number of piperidine rings is 1. The molecule has 0 aromatic rings. The van der Waals surface area contributed by atoms with Gasteiger partial charge in [0.05, 0.1) is 7.85 Å². The van der Waals surface area contributed by atoms with Crippen LogP contribution in [-0.2, 0) is 9.53 Å². The summed E-state index contributed by atoms with van der Waals surface area (Å²) in [5, 5.41) is 0. The van der Waals surface area contributed by atoms with Crippen molar-refractivity contribution in [2.45, 2.75) is 45.5 Å². The van der Waals surface area contributed by atoms with Crippen molar-refractivity contribution in [2.24, 2.45) is 5.92 Å². The molecule has 0 bridgehead atoms. The fourth-order valence-electron chi connectivity index (χ4n) is 1.90. The van der Waals surface area contributed by atoms with Gasteiger partial charge in [0.15, 0.2) is 0 Å². The number of ketones is 1. The maximum Gasteiger partial charge on any atom is 0.410 e. The highest BCUT2D eigenvalue weighted by Gasteiger charge is 2.29. The monoisotopic (exact) mass is 237 g/mol. The number of likely N-dealkylation sites (tertiary alicyclic amines) is 1. The normalized spacial score (nSPS) is 21.1. The first kappa shape index (κ1) is 14.1. The summed E-state index contributed by atoms with van der Waals surface area (Å²) in [5.74, 6) is -0.0977. The second-order valence-corrected chi connectivity index (χ2v) is 5.44. The van der Waals surface area contributed by atoms with Crippen molar-refractivity contribution in [3.63, 3.8) is 0 Å². The topological polar surface area (TPSA) is 46.6 Å². The molecule has 1 atom stereocenters. The molecule has 1 aliphatic rings. The molecule has 0 saturated carbocycles. The van der Waals surface area contributed by atoms with E-state index in [0.717, 1.165) is 12.8 Å². The number of amides is 1. The second kappa shape index (κ2) is 5.56. The summed E-state index contributed by atoms with van der Waals surface area (Å²) >= 11 is 0. The Balaban J connectivity index is 2.55. The number of nitrogens with zero attached hydrogens (tertiary/aromatic N) is 1. The quantitative estimate of drug-likeness (QED) is 0.688. The van der Waals surface area contributed by atoms with Crippen LogP contribution in [-0.4, -0.2) is 43.3 Å². The minimum absolute atomic E-state index is 0.0262. The molecular formula is C12H20BNO3. The molecule has 2 radical (unpaired) electrons. The van der Waals surface area contributed by atoms with Crippen LogP contribution < -0.4 is 0 Å². The van der Waals surface area contributed by atoms with Crippen molar-refractivity contribution in [1.82, 2.24) is 4.90 Å². The maximum atomic E-state index is 11.8. The van der Waals surface area contributed by atoms with Gasteiger partial charge in [-0.05, 0) is 39.9 Å². The lowest BCUT2D eigenvalue weighted by Gasteiger charge is -2.33. The van der Waals surface area contributed by atoms with Crippen LogP contribution >= 0.6 is 0 Å². The molecule has 0 aromatic carbocycles. The van der Waals surface area contributed by atoms with E-state index in [0.29, 0.717) is 13.1 Å². The van der Waals surface area contributed by atoms with Gasteiger partial charge >= 0.3 is 6.09 Å². The third kappa shape index (κ3) is 4.40. The molecule has 0 aliphatic carbocycles. The molecule has 1 aliphatic heterocycles. The number of carbonyl (C=O) groups is 2. The SMILES string of the molecule is [B]CC(=O)C1CCCN(C(=O)OC(C)(C)C)C1. The van der Waals surface area contributed by atoms with Gasteiger partial charge in [-0.1, -0.05) is 0 Å². The molecule has 94 valence electrons. The first-order chi connectivity index (χ1) is 7.83. The van der Waals surface area contributed by atoms with Crippen LogP contribution in [0.3, 0.4) is 0 Å². The summed E-state index contributed by atoms with van der Waals surface area (Å²) < 4.78 is 5.28. The number of hydrogen-bond donors (Lipinski definition) is 0. The Kier molecular flexibility index (Phi) is 4.60. The molecule has 1 heterocycles. The highest BCUT2D eigenvalue weighted by atomic mass is 16.6. The summed E-state index contributed by atoms with van der Waals surface area (Å²) in [6.07, 6.45) is 1.35.